The molecule has 0 saturated heterocycles. The van der Waals surface area contributed by atoms with Gasteiger partial charge in [-0.05, 0) is 93.5 Å². The average molecular weight is 959 g/mol. The molecular weight excluding hydrogens is 910 g/mol. The Hall–Kier alpha value is -6.71. The van der Waals surface area contributed by atoms with Crippen molar-refractivity contribution in [2.24, 2.45) is 0 Å². The average Bonchev–Trinajstić information content (AvgIpc) is 3.90. The lowest BCUT2D eigenvalue weighted by Gasteiger charge is -2.17. The first-order valence-electron chi connectivity index (χ1n) is 23.1. The highest BCUT2D eigenvalue weighted by molar-refractivity contribution is 7.80. The van der Waals surface area contributed by atoms with Gasteiger partial charge in [0.05, 0.1) is 21.3 Å². The van der Waals surface area contributed by atoms with Crippen LogP contribution < -0.4 is 10.6 Å². The Balaban J connectivity index is 0.000000128. The quantitative estimate of drug-likeness (QED) is 0.143. The van der Waals surface area contributed by atoms with Crippen LogP contribution in [0.3, 0.4) is 0 Å². The first-order chi connectivity index (χ1) is 33.6. The molecule has 8 aromatic rings. The maximum Gasteiger partial charge on any atom is 0.261 e. The number of hydrogen-bond donors (Lipinski definition) is 3. The molecule has 0 atom stereocenters. The van der Waals surface area contributed by atoms with E-state index in [0.29, 0.717) is 31.9 Å². The third-order valence-electron chi connectivity index (χ3n) is 13.0. The lowest BCUT2D eigenvalue weighted by Crippen LogP contribution is -2.08. The van der Waals surface area contributed by atoms with Crippen molar-refractivity contribution in [3.05, 3.63) is 275 Å². The molecule has 4 aliphatic rings. The van der Waals surface area contributed by atoms with E-state index in [2.05, 4.69) is 0 Å². The monoisotopic (exact) mass is 958 g/mol. The van der Waals surface area contributed by atoms with Crippen molar-refractivity contribution in [3.8, 4) is 11.1 Å². The fourth-order valence-electron chi connectivity index (χ4n) is 10.1. The molecule has 6 nitrogen and oxygen atoms in total. The zero-order chi connectivity index (χ0) is 47.6. The van der Waals surface area contributed by atoms with Gasteiger partial charge in [-0.3, -0.25) is 13.7 Å². The van der Waals surface area contributed by atoms with Gasteiger partial charge in [-0.15, -0.1) is 0 Å². The van der Waals surface area contributed by atoms with Gasteiger partial charge < -0.3 is 14.7 Å². The summed E-state index contributed by atoms with van der Waals surface area (Å²) in [5.41, 5.74) is 10.8. The summed E-state index contributed by atoms with van der Waals surface area (Å²) in [6.07, 6.45) is 4.00. The SMILES string of the molecule is O=P1(O)C(c2ccccc2)=C(c2ccccc2)C(c2ccccc2)=C1c1ccccc1.O=P1(O)C(c2ccccc2)=C2CCCCC2=C1c1ccccc1.O=P1(O)c2ccccc2-c2ccccc21. The highest BCUT2D eigenvalue weighted by atomic mass is 31.2. The fraction of sp³-hybridized carbons (Fsp3) is 0.0667. The van der Waals surface area contributed by atoms with E-state index in [0.717, 1.165) is 92.5 Å². The second-order valence-electron chi connectivity index (χ2n) is 17.3. The maximum atomic E-state index is 14.3. The molecule has 340 valence electrons. The molecule has 0 unspecified atom stereocenters. The van der Waals surface area contributed by atoms with E-state index in [1.165, 1.54) is 0 Å². The van der Waals surface area contributed by atoms with Gasteiger partial charge >= 0.3 is 0 Å². The van der Waals surface area contributed by atoms with Gasteiger partial charge in [0.2, 0.25) is 0 Å². The molecule has 3 heterocycles. The Bertz CT molecular complexity index is 3250. The molecule has 8 aromatic carbocycles. The van der Waals surface area contributed by atoms with E-state index < -0.39 is 22.1 Å². The topological polar surface area (TPSA) is 112 Å². The molecule has 9 heteroatoms. The minimum Gasteiger partial charge on any atom is -0.338 e. The molecule has 0 radical (unpaired) electrons. The van der Waals surface area contributed by atoms with Gasteiger partial charge in [0.1, 0.15) is 0 Å². The molecule has 0 amide bonds. The van der Waals surface area contributed by atoms with Gasteiger partial charge in [-0.1, -0.05) is 218 Å². The molecule has 0 spiro atoms. The highest BCUT2D eigenvalue weighted by Gasteiger charge is 2.45. The van der Waals surface area contributed by atoms with Gasteiger partial charge in [0.25, 0.3) is 22.1 Å². The van der Waals surface area contributed by atoms with Crippen LogP contribution in [-0.4, -0.2) is 14.7 Å². The van der Waals surface area contributed by atoms with Crippen LogP contribution in [0.15, 0.2) is 242 Å². The van der Waals surface area contributed by atoms with Gasteiger partial charge in [0.15, 0.2) is 0 Å². The smallest absolute Gasteiger partial charge is 0.261 e. The lowest BCUT2D eigenvalue weighted by molar-refractivity contribution is 0.500. The summed E-state index contributed by atoms with van der Waals surface area (Å²) in [5, 5.41) is 3.46. The summed E-state index contributed by atoms with van der Waals surface area (Å²) in [5.74, 6) is 0. The third-order valence-corrected chi connectivity index (χ3v) is 19.6. The zero-order valence-corrected chi connectivity index (χ0v) is 40.4. The summed E-state index contributed by atoms with van der Waals surface area (Å²) >= 11 is 0. The van der Waals surface area contributed by atoms with Crippen molar-refractivity contribution in [1.82, 2.24) is 0 Å². The Morgan fingerprint density at radius 3 is 0.841 bits per heavy atom. The molecule has 1 fully saturated rings. The van der Waals surface area contributed by atoms with E-state index >= 15 is 0 Å². The molecular formula is C60H49O6P3. The van der Waals surface area contributed by atoms with Crippen LogP contribution in [0.5, 0.6) is 0 Å². The minimum absolute atomic E-state index is 0.497. The van der Waals surface area contributed by atoms with Crippen molar-refractivity contribution in [1.29, 1.82) is 0 Å². The van der Waals surface area contributed by atoms with Crippen LogP contribution in [0.4, 0.5) is 0 Å². The molecule has 0 bridgehead atoms. The summed E-state index contributed by atoms with van der Waals surface area (Å²) in [6, 6.07) is 73.0. The van der Waals surface area contributed by atoms with Crippen LogP contribution in [0.1, 0.15) is 59.1 Å². The van der Waals surface area contributed by atoms with Crippen molar-refractivity contribution in [3.63, 3.8) is 0 Å². The number of hydrogen-bond acceptors (Lipinski definition) is 3. The van der Waals surface area contributed by atoms with E-state index in [-0.39, 0.29) is 0 Å². The summed E-state index contributed by atoms with van der Waals surface area (Å²) in [6.45, 7) is 0. The fourth-order valence-corrected chi connectivity index (χ4v) is 16.7. The number of allylic oxidation sites excluding steroid dienone is 4. The molecule has 12 rings (SSSR count). The molecule has 3 N–H and O–H groups in total. The molecule has 0 aromatic heterocycles. The largest absolute Gasteiger partial charge is 0.338 e. The van der Waals surface area contributed by atoms with Crippen molar-refractivity contribution >= 4 is 65.1 Å². The Morgan fingerprint density at radius 1 is 0.275 bits per heavy atom. The molecule has 1 saturated carbocycles. The second kappa shape index (κ2) is 19.4. The van der Waals surface area contributed by atoms with Crippen LogP contribution in [0.25, 0.3) is 43.5 Å². The zero-order valence-electron chi connectivity index (χ0n) is 37.7. The van der Waals surface area contributed by atoms with E-state index in [4.69, 9.17) is 0 Å². The first-order valence-corrected chi connectivity index (χ1v) is 28.0. The summed E-state index contributed by atoms with van der Waals surface area (Å²) in [4.78, 5) is 32.9. The van der Waals surface area contributed by atoms with Crippen molar-refractivity contribution < 1.29 is 28.4 Å². The van der Waals surface area contributed by atoms with E-state index in [1.807, 2.05) is 206 Å². The Labute approximate surface area is 403 Å². The Kier molecular flexibility index (Phi) is 12.9. The van der Waals surface area contributed by atoms with E-state index in [9.17, 15) is 28.4 Å². The lowest BCUT2D eigenvalue weighted by atomic mass is 9.87. The third kappa shape index (κ3) is 8.60. The van der Waals surface area contributed by atoms with E-state index in [1.54, 1.807) is 24.3 Å². The van der Waals surface area contributed by atoms with Crippen LogP contribution in [0, 0.1) is 0 Å². The number of fused-ring (bicyclic) bond motifs is 4. The van der Waals surface area contributed by atoms with Crippen LogP contribution >= 0.6 is 22.1 Å². The Morgan fingerprint density at radius 2 is 0.522 bits per heavy atom. The molecule has 1 aliphatic carbocycles. The van der Waals surface area contributed by atoms with Gasteiger partial charge in [-0.2, -0.15) is 0 Å². The maximum absolute atomic E-state index is 14.3. The van der Waals surface area contributed by atoms with Crippen molar-refractivity contribution in [2.45, 2.75) is 25.7 Å². The second-order valence-corrected chi connectivity index (χ2v) is 23.5. The summed E-state index contributed by atoms with van der Waals surface area (Å²) in [7, 11) is -10.8. The molecule has 3 aliphatic heterocycles. The predicted octanol–water partition coefficient (Wildman–Crippen LogP) is 15.0. The minimum atomic E-state index is -3.89. The number of benzene rings is 8. The van der Waals surface area contributed by atoms with Crippen LogP contribution in [0.2, 0.25) is 0 Å². The van der Waals surface area contributed by atoms with Gasteiger partial charge in [-0.25, -0.2) is 0 Å². The predicted molar refractivity (Wildman–Crippen MR) is 285 cm³/mol. The van der Waals surface area contributed by atoms with Crippen molar-refractivity contribution in [2.75, 3.05) is 0 Å². The summed E-state index contributed by atoms with van der Waals surface area (Å²) < 4.78 is 40.0. The normalized spacial score (nSPS) is 17.0. The molecule has 69 heavy (non-hydrogen) atoms. The first kappa shape index (κ1) is 46.0. The highest BCUT2D eigenvalue weighted by Crippen LogP contribution is 2.75. The van der Waals surface area contributed by atoms with Gasteiger partial charge in [0, 0.05) is 21.8 Å². The van der Waals surface area contributed by atoms with Crippen LogP contribution in [-0.2, 0) is 13.7 Å². The number of rotatable bonds is 6. The standard InChI is InChI=1S/C28H21O2P.C20H19O2P.C12H9O2P/c29-31(30)27(23-17-9-3-10-18-23)25(21-13-5-1-6-14-21)26(22-15-7-2-8-16-22)28(31)24-19-11-4-12-20-24;21-23(22)19(15-9-3-1-4-10-15)17-13-7-8-14-18(17)20(23)16-11-5-2-6-12-16;13-15(14)11-7-3-1-5-9(11)10-6-2-4-8-12(10)15/h1-20H,(H,29,30);1-6,9-12H,7-8,13-14H2,(H,21,22);1-8H,(H,13,14).